The van der Waals surface area contributed by atoms with Gasteiger partial charge in [0.05, 0.1) is 17.1 Å². The molecule has 13 aromatic carbocycles. The third-order valence-electron chi connectivity index (χ3n) is 18.8. The van der Waals surface area contributed by atoms with Gasteiger partial charge in [-0.15, -0.1) is 0 Å². The number of aryl methyl sites for hydroxylation is 2. The summed E-state index contributed by atoms with van der Waals surface area (Å²) < 4.78 is 33.7. The first-order valence-electron chi connectivity index (χ1n) is 31.6. The molecule has 7 nitrogen and oxygen atoms in total. The molecule has 0 amide bonds. The number of para-hydroxylation sites is 3. The Labute approximate surface area is 530 Å². The molecule has 9 heteroatoms. The zero-order valence-electron chi connectivity index (χ0n) is 51.5. The number of ether oxygens (including phenoxy) is 4. The molecule has 91 heavy (non-hydrogen) atoms. The Bertz CT molecular complexity index is 5050. The second-order valence-corrected chi connectivity index (χ2v) is 25.3. The smallest absolute Gasteiger partial charge is 0.260 e. The molecule has 18 rings (SSSR count). The van der Waals surface area contributed by atoms with Crippen molar-refractivity contribution in [3.05, 3.63) is 277 Å². The molecule has 0 bridgehead atoms. The van der Waals surface area contributed by atoms with Gasteiger partial charge in [-0.05, 0) is 153 Å². The standard InChI is InChI=1S/C44H36BNO2.C38H26BNO3/c1-27(2)31-15-19-38-40(23-31)47-42-25-37(26-43-44(42)45(38)39-20-16-32(28(3)4)24-41(39)48-43)46(35-17-13-29-9-5-7-11-33(29)21-35)36-18-14-30-10-6-8-12-34(30)22-36;1-23-15-17-33-29(19-23)39-30-20-24(2)16-18-34(30)42-36-22-26(21-35(41-33)37(36)39)40(25-9-4-3-5-10-25)31-13-8-12-28-27-11-6-7-14-32(27)43-38(28)31/h5-28H,1-4H3;3-22H,1-2H3. The fraction of sp³-hybridized carbons (Fsp3) is 0.0976. The molecular formula is C82H62B2N2O5. The molecule has 0 unspecified atom stereocenters. The number of rotatable bonds is 8. The Balaban J connectivity index is 0.000000141. The number of nitrogens with zero attached hydrogens (tertiary/aromatic N) is 2. The predicted molar refractivity (Wildman–Crippen MR) is 378 cm³/mol. The quantitative estimate of drug-likeness (QED) is 0.141. The summed E-state index contributed by atoms with van der Waals surface area (Å²) in [4.78, 5) is 4.57. The first-order valence-corrected chi connectivity index (χ1v) is 31.6. The van der Waals surface area contributed by atoms with Crippen LogP contribution in [0.25, 0.3) is 43.5 Å². The van der Waals surface area contributed by atoms with Gasteiger partial charge in [-0.3, -0.25) is 0 Å². The molecule has 0 atom stereocenters. The summed E-state index contributed by atoms with van der Waals surface area (Å²) >= 11 is 0. The van der Waals surface area contributed by atoms with E-state index in [9.17, 15) is 0 Å². The van der Waals surface area contributed by atoms with Crippen LogP contribution in [0.2, 0.25) is 0 Å². The second kappa shape index (κ2) is 21.4. The fourth-order valence-corrected chi connectivity index (χ4v) is 14.2. The van der Waals surface area contributed by atoms with Gasteiger partial charge in [0, 0.05) is 63.0 Å². The minimum Gasteiger partial charge on any atom is -0.458 e. The maximum atomic E-state index is 6.89. The summed E-state index contributed by atoms with van der Waals surface area (Å²) in [6.07, 6.45) is 0. The van der Waals surface area contributed by atoms with E-state index in [2.05, 4.69) is 288 Å². The van der Waals surface area contributed by atoms with Crippen molar-refractivity contribution in [3.63, 3.8) is 0 Å². The van der Waals surface area contributed by atoms with Gasteiger partial charge in [0.25, 0.3) is 13.4 Å². The second-order valence-electron chi connectivity index (χ2n) is 25.3. The lowest BCUT2D eigenvalue weighted by molar-refractivity contribution is 0.463. The normalized spacial score (nSPS) is 12.8. The van der Waals surface area contributed by atoms with Crippen LogP contribution in [0.5, 0.6) is 46.0 Å². The molecule has 4 aliphatic rings. The summed E-state index contributed by atoms with van der Waals surface area (Å²) in [5.74, 6) is 7.69. The average molecular weight is 1180 g/mol. The number of benzene rings is 13. The molecule has 0 N–H and O–H groups in total. The first kappa shape index (κ1) is 54.3. The van der Waals surface area contributed by atoms with Crippen molar-refractivity contribution in [1.82, 2.24) is 0 Å². The van der Waals surface area contributed by atoms with Crippen LogP contribution in [0.4, 0.5) is 34.1 Å². The molecule has 4 aliphatic heterocycles. The SMILES string of the molecule is CC(C)c1ccc2c(c1)Oc1cc(N(c3ccc4ccccc4c3)c3ccc4ccccc4c3)cc3c1B2c1ccc(C(C)C)cc1O3.Cc1ccc2c(c1)B1c3cc(C)ccc3Oc3cc(N(c4ccccc4)c4cccc5c4oc4ccccc45)cc(c31)O2. The number of fused-ring (bicyclic) bond motifs is 13. The molecule has 1 aromatic heterocycles. The molecule has 0 fully saturated rings. The van der Waals surface area contributed by atoms with E-state index in [1.54, 1.807) is 0 Å². The van der Waals surface area contributed by atoms with E-state index in [4.69, 9.17) is 23.4 Å². The molecule has 0 spiro atoms. The fourth-order valence-electron chi connectivity index (χ4n) is 14.2. The molecule has 0 aliphatic carbocycles. The molecule has 5 heterocycles. The van der Waals surface area contributed by atoms with Gasteiger partial charge in [-0.25, -0.2) is 0 Å². The monoisotopic (exact) mass is 1180 g/mol. The molecular weight excluding hydrogens is 1110 g/mol. The zero-order valence-corrected chi connectivity index (χ0v) is 51.5. The van der Waals surface area contributed by atoms with Gasteiger partial charge in [0.1, 0.15) is 51.6 Å². The topological polar surface area (TPSA) is 56.5 Å². The third-order valence-corrected chi connectivity index (χ3v) is 18.8. The number of hydrogen-bond acceptors (Lipinski definition) is 7. The Kier molecular flexibility index (Phi) is 12.8. The summed E-state index contributed by atoms with van der Waals surface area (Å²) in [6.45, 7) is 13.2. The molecule has 436 valence electrons. The molecule has 0 radical (unpaired) electrons. The Morgan fingerprint density at radius 2 is 0.769 bits per heavy atom. The van der Waals surface area contributed by atoms with Crippen LogP contribution in [0.3, 0.4) is 0 Å². The van der Waals surface area contributed by atoms with E-state index in [-0.39, 0.29) is 13.4 Å². The van der Waals surface area contributed by atoms with Crippen molar-refractivity contribution in [1.29, 1.82) is 0 Å². The summed E-state index contributed by atoms with van der Waals surface area (Å²) in [5.41, 5.74) is 19.5. The van der Waals surface area contributed by atoms with Crippen LogP contribution in [0, 0.1) is 13.8 Å². The zero-order chi connectivity index (χ0) is 61.2. The summed E-state index contributed by atoms with van der Waals surface area (Å²) in [6, 6.07) is 90.5. The maximum absolute atomic E-state index is 6.89. The molecule has 14 aromatic rings. The van der Waals surface area contributed by atoms with Crippen molar-refractivity contribution in [2.24, 2.45) is 0 Å². The van der Waals surface area contributed by atoms with Gasteiger partial charge in [0.2, 0.25) is 0 Å². The molecule has 0 saturated carbocycles. The third kappa shape index (κ3) is 9.20. The minimum atomic E-state index is 0.0220. The van der Waals surface area contributed by atoms with E-state index in [1.165, 1.54) is 65.6 Å². The Morgan fingerprint density at radius 3 is 1.31 bits per heavy atom. The number of anilines is 6. The highest BCUT2D eigenvalue weighted by Gasteiger charge is 2.43. The van der Waals surface area contributed by atoms with Gasteiger partial charge in [-0.1, -0.05) is 197 Å². The Morgan fingerprint density at radius 1 is 0.308 bits per heavy atom. The van der Waals surface area contributed by atoms with Crippen molar-refractivity contribution >= 4 is 124 Å². The average Bonchev–Trinajstić information content (AvgIpc) is 1.17. The van der Waals surface area contributed by atoms with Crippen LogP contribution in [0.15, 0.2) is 259 Å². The van der Waals surface area contributed by atoms with Crippen molar-refractivity contribution in [2.45, 2.75) is 53.4 Å². The number of hydrogen-bond donors (Lipinski definition) is 0. The van der Waals surface area contributed by atoms with Gasteiger partial charge >= 0.3 is 0 Å². The Hall–Kier alpha value is -10.9. The largest absolute Gasteiger partial charge is 0.458 e. The van der Waals surface area contributed by atoms with Crippen LogP contribution in [0.1, 0.15) is 61.8 Å². The van der Waals surface area contributed by atoms with Crippen LogP contribution >= 0.6 is 0 Å². The lowest BCUT2D eigenvalue weighted by Gasteiger charge is -2.35. The summed E-state index contributed by atoms with van der Waals surface area (Å²) in [5, 5.41) is 6.99. The van der Waals surface area contributed by atoms with E-state index in [0.29, 0.717) is 11.8 Å². The lowest BCUT2D eigenvalue weighted by Crippen LogP contribution is -2.57. The van der Waals surface area contributed by atoms with Crippen molar-refractivity contribution in [3.8, 4) is 46.0 Å². The van der Waals surface area contributed by atoms with E-state index < -0.39 is 0 Å². The van der Waals surface area contributed by atoms with E-state index in [1.807, 2.05) is 18.2 Å². The minimum absolute atomic E-state index is 0.0220. The molecule has 0 saturated heterocycles. The number of furan rings is 1. The van der Waals surface area contributed by atoms with Crippen LogP contribution in [-0.2, 0) is 0 Å². The first-order chi connectivity index (χ1) is 44.5. The highest BCUT2D eigenvalue weighted by Crippen LogP contribution is 2.48. The predicted octanol–water partition coefficient (Wildman–Crippen LogP) is 18.8. The lowest BCUT2D eigenvalue weighted by atomic mass is 9.34. The van der Waals surface area contributed by atoms with Crippen LogP contribution in [-0.4, -0.2) is 13.4 Å². The van der Waals surface area contributed by atoms with Gasteiger partial charge in [0.15, 0.2) is 5.58 Å². The van der Waals surface area contributed by atoms with Crippen molar-refractivity contribution in [2.75, 3.05) is 9.80 Å². The van der Waals surface area contributed by atoms with Gasteiger partial charge in [-0.2, -0.15) is 0 Å². The summed E-state index contributed by atoms with van der Waals surface area (Å²) in [7, 11) is 0. The van der Waals surface area contributed by atoms with Crippen molar-refractivity contribution < 1.29 is 23.4 Å². The van der Waals surface area contributed by atoms with Gasteiger partial charge < -0.3 is 33.2 Å². The van der Waals surface area contributed by atoms with Crippen LogP contribution < -0.4 is 61.5 Å². The van der Waals surface area contributed by atoms with E-state index in [0.717, 1.165) is 113 Å². The highest BCUT2D eigenvalue weighted by atomic mass is 16.5. The van der Waals surface area contributed by atoms with E-state index >= 15 is 0 Å². The maximum Gasteiger partial charge on any atom is 0.260 e. The highest BCUT2D eigenvalue weighted by molar-refractivity contribution is 6.99.